The lowest BCUT2D eigenvalue weighted by atomic mass is 10.2. The molecule has 0 N–H and O–H groups in total. The molecule has 0 atom stereocenters. The monoisotopic (exact) mass is 272 g/mol. The average molecular weight is 272 g/mol. The van der Waals surface area contributed by atoms with Gasteiger partial charge in [-0.25, -0.2) is 4.79 Å². The van der Waals surface area contributed by atoms with E-state index in [-0.39, 0.29) is 12.2 Å². The minimum absolute atomic E-state index is 0.176. The highest BCUT2D eigenvalue weighted by Crippen LogP contribution is 2.20. The number of hydrogen-bond acceptors (Lipinski definition) is 6. The Morgan fingerprint density at radius 2 is 1.90 bits per heavy atom. The van der Waals surface area contributed by atoms with Crippen LogP contribution in [0.2, 0.25) is 0 Å². The Morgan fingerprint density at radius 1 is 1.10 bits per heavy atom. The molecule has 2 heterocycles. The predicted octanol–water partition coefficient (Wildman–Crippen LogP) is 2.32. The summed E-state index contributed by atoms with van der Waals surface area (Å²) >= 11 is 0. The third-order valence-electron chi connectivity index (χ3n) is 2.77. The Kier molecular flexibility index (Phi) is 3.20. The van der Waals surface area contributed by atoms with Gasteiger partial charge in [0.1, 0.15) is 11.3 Å². The molecule has 6 nitrogen and oxygen atoms in total. The Labute approximate surface area is 114 Å². The van der Waals surface area contributed by atoms with E-state index >= 15 is 0 Å². The quantitative estimate of drug-likeness (QED) is 0.678. The number of aromatic nitrogens is 2. The summed E-state index contributed by atoms with van der Waals surface area (Å²) in [7, 11) is 0. The van der Waals surface area contributed by atoms with Crippen LogP contribution in [0, 0.1) is 0 Å². The molecule has 3 rings (SSSR count). The molecular formula is C14H12N2O4. The molecule has 0 aliphatic carbocycles. The topological polar surface area (TPSA) is 78.4 Å². The summed E-state index contributed by atoms with van der Waals surface area (Å²) in [6.45, 7) is 2.11. The van der Waals surface area contributed by atoms with E-state index in [0.29, 0.717) is 29.5 Å². The number of rotatable bonds is 4. The normalized spacial score (nSPS) is 10.8. The van der Waals surface area contributed by atoms with E-state index in [1.807, 2.05) is 13.0 Å². The number of benzene rings is 1. The van der Waals surface area contributed by atoms with Gasteiger partial charge in [-0.1, -0.05) is 6.92 Å². The Bertz CT molecular complexity index is 791. The first-order chi connectivity index (χ1) is 9.74. The molecule has 0 radical (unpaired) electrons. The van der Waals surface area contributed by atoms with Gasteiger partial charge in [0, 0.05) is 23.9 Å². The zero-order chi connectivity index (χ0) is 13.9. The highest BCUT2D eigenvalue weighted by Gasteiger charge is 2.06. The summed E-state index contributed by atoms with van der Waals surface area (Å²) in [5, 5.41) is 8.55. The minimum Gasteiger partial charge on any atom is -0.484 e. The van der Waals surface area contributed by atoms with Gasteiger partial charge in [0.15, 0.2) is 6.61 Å². The first-order valence-electron chi connectivity index (χ1n) is 6.22. The number of hydrogen-bond donors (Lipinski definition) is 0. The lowest BCUT2D eigenvalue weighted by Gasteiger charge is -2.03. The van der Waals surface area contributed by atoms with Gasteiger partial charge in [0.2, 0.25) is 5.89 Å². The first-order valence-corrected chi connectivity index (χ1v) is 6.22. The van der Waals surface area contributed by atoms with Crippen molar-refractivity contribution in [2.75, 3.05) is 0 Å². The summed E-state index contributed by atoms with van der Waals surface area (Å²) in [6.07, 6.45) is 0.689. The van der Waals surface area contributed by atoms with Crippen LogP contribution in [0.3, 0.4) is 0 Å². The molecule has 1 aromatic carbocycles. The van der Waals surface area contributed by atoms with E-state index in [9.17, 15) is 4.79 Å². The standard InChI is InChI=1S/C14H12N2O4/c1-2-12-15-16-13(20-12)8-18-10-5-3-9-4-6-14(17)19-11(9)7-10/h3-7H,2,8H2,1H3. The molecule has 0 unspecified atom stereocenters. The zero-order valence-electron chi connectivity index (χ0n) is 10.8. The van der Waals surface area contributed by atoms with Gasteiger partial charge in [-0.15, -0.1) is 10.2 Å². The Morgan fingerprint density at radius 3 is 2.70 bits per heavy atom. The largest absolute Gasteiger partial charge is 0.484 e. The van der Waals surface area contributed by atoms with E-state index in [1.165, 1.54) is 6.07 Å². The average Bonchev–Trinajstić information content (AvgIpc) is 2.92. The van der Waals surface area contributed by atoms with E-state index in [0.717, 1.165) is 5.39 Å². The van der Waals surface area contributed by atoms with Crippen molar-refractivity contribution in [3.05, 3.63) is 52.5 Å². The van der Waals surface area contributed by atoms with Crippen LogP contribution < -0.4 is 10.4 Å². The van der Waals surface area contributed by atoms with E-state index < -0.39 is 0 Å². The van der Waals surface area contributed by atoms with Crippen LogP contribution in [-0.4, -0.2) is 10.2 Å². The maximum absolute atomic E-state index is 11.2. The second-order valence-electron chi connectivity index (χ2n) is 4.19. The molecule has 3 aromatic rings. The summed E-state index contributed by atoms with van der Waals surface area (Å²) in [6, 6.07) is 8.36. The number of nitrogens with zero attached hydrogens (tertiary/aromatic N) is 2. The number of ether oxygens (including phenoxy) is 1. The van der Waals surface area contributed by atoms with Crippen molar-refractivity contribution in [2.45, 2.75) is 20.0 Å². The van der Waals surface area contributed by atoms with E-state index in [1.54, 1.807) is 18.2 Å². The molecule has 0 aliphatic rings. The van der Waals surface area contributed by atoms with Gasteiger partial charge in [-0.2, -0.15) is 0 Å². The second kappa shape index (κ2) is 5.16. The van der Waals surface area contributed by atoms with Crippen LogP contribution in [0.25, 0.3) is 11.0 Å². The van der Waals surface area contributed by atoms with E-state index in [2.05, 4.69) is 10.2 Å². The van der Waals surface area contributed by atoms with Crippen molar-refractivity contribution >= 4 is 11.0 Å². The minimum atomic E-state index is -0.390. The summed E-state index contributed by atoms with van der Waals surface area (Å²) in [4.78, 5) is 11.2. The summed E-state index contributed by atoms with van der Waals surface area (Å²) in [5.74, 6) is 1.56. The lowest BCUT2D eigenvalue weighted by molar-refractivity contribution is 0.259. The van der Waals surface area contributed by atoms with Gasteiger partial charge in [0.05, 0.1) is 0 Å². The first kappa shape index (κ1) is 12.4. The smallest absolute Gasteiger partial charge is 0.336 e. The van der Waals surface area contributed by atoms with Crippen molar-refractivity contribution < 1.29 is 13.6 Å². The summed E-state index contributed by atoms with van der Waals surface area (Å²) in [5.41, 5.74) is 0.0916. The molecule has 0 spiro atoms. The van der Waals surface area contributed by atoms with Crippen LogP contribution >= 0.6 is 0 Å². The van der Waals surface area contributed by atoms with Crippen LogP contribution in [0.15, 0.2) is 44.0 Å². The van der Waals surface area contributed by atoms with Gasteiger partial charge < -0.3 is 13.6 Å². The van der Waals surface area contributed by atoms with Crippen LogP contribution in [0.1, 0.15) is 18.7 Å². The van der Waals surface area contributed by atoms with Crippen molar-refractivity contribution in [3.63, 3.8) is 0 Å². The van der Waals surface area contributed by atoms with Gasteiger partial charge in [-0.3, -0.25) is 0 Å². The van der Waals surface area contributed by atoms with Gasteiger partial charge >= 0.3 is 5.63 Å². The molecule has 20 heavy (non-hydrogen) atoms. The number of aryl methyl sites for hydroxylation is 1. The van der Waals surface area contributed by atoms with Crippen molar-refractivity contribution in [3.8, 4) is 5.75 Å². The van der Waals surface area contributed by atoms with E-state index in [4.69, 9.17) is 13.6 Å². The number of fused-ring (bicyclic) bond motifs is 1. The SMILES string of the molecule is CCc1nnc(COc2ccc3ccc(=O)oc3c2)o1. The second-order valence-corrected chi connectivity index (χ2v) is 4.19. The molecule has 0 fully saturated rings. The Balaban J connectivity index is 1.78. The lowest BCUT2D eigenvalue weighted by Crippen LogP contribution is -1.97. The van der Waals surface area contributed by atoms with Crippen LogP contribution in [-0.2, 0) is 13.0 Å². The molecule has 0 aliphatic heterocycles. The van der Waals surface area contributed by atoms with Crippen molar-refractivity contribution in [2.24, 2.45) is 0 Å². The molecule has 6 heteroatoms. The third kappa shape index (κ3) is 2.54. The molecule has 0 amide bonds. The molecule has 0 saturated carbocycles. The third-order valence-corrected chi connectivity index (χ3v) is 2.77. The zero-order valence-corrected chi connectivity index (χ0v) is 10.8. The fourth-order valence-electron chi connectivity index (χ4n) is 1.77. The van der Waals surface area contributed by atoms with Crippen molar-refractivity contribution in [1.82, 2.24) is 10.2 Å². The van der Waals surface area contributed by atoms with Gasteiger partial charge in [0.25, 0.3) is 5.89 Å². The molecule has 102 valence electrons. The maximum Gasteiger partial charge on any atom is 0.336 e. The highest BCUT2D eigenvalue weighted by molar-refractivity contribution is 5.77. The highest BCUT2D eigenvalue weighted by atomic mass is 16.5. The fraction of sp³-hybridized carbons (Fsp3) is 0.214. The van der Waals surface area contributed by atoms with Crippen molar-refractivity contribution in [1.29, 1.82) is 0 Å². The fourth-order valence-corrected chi connectivity index (χ4v) is 1.77. The maximum atomic E-state index is 11.2. The molecular weight excluding hydrogens is 260 g/mol. The Hall–Kier alpha value is -2.63. The molecule has 2 aromatic heterocycles. The van der Waals surface area contributed by atoms with Gasteiger partial charge in [-0.05, 0) is 18.2 Å². The molecule has 0 saturated heterocycles. The predicted molar refractivity (Wildman–Crippen MR) is 70.5 cm³/mol. The summed E-state index contributed by atoms with van der Waals surface area (Å²) < 4.78 is 16.0. The van der Waals surface area contributed by atoms with Crippen LogP contribution in [0.5, 0.6) is 5.75 Å². The molecule has 0 bridgehead atoms. The van der Waals surface area contributed by atoms with Crippen LogP contribution in [0.4, 0.5) is 0 Å².